The molecule has 1 heterocycles. The zero-order valence-electron chi connectivity index (χ0n) is 14.7. The second-order valence-electron chi connectivity index (χ2n) is 6.69. The SMILES string of the molecule is OC(CCCc1ccccc1)COc1cccc2[nH]c3ccccc3c12. The van der Waals surface area contributed by atoms with Gasteiger partial charge in [0.25, 0.3) is 0 Å². The first-order chi connectivity index (χ1) is 12.8. The van der Waals surface area contributed by atoms with Gasteiger partial charge in [0.1, 0.15) is 12.4 Å². The van der Waals surface area contributed by atoms with Gasteiger partial charge in [0, 0.05) is 16.3 Å². The number of aromatic amines is 1. The van der Waals surface area contributed by atoms with E-state index in [-0.39, 0.29) is 0 Å². The maximum Gasteiger partial charge on any atom is 0.129 e. The molecule has 0 aliphatic rings. The van der Waals surface area contributed by atoms with Crippen LogP contribution in [0.2, 0.25) is 0 Å². The Kier molecular flexibility index (Phi) is 4.89. The third-order valence-electron chi connectivity index (χ3n) is 4.77. The van der Waals surface area contributed by atoms with Gasteiger partial charge in [0.2, 0.25) is 0 Å². The molecule has 0 aliphatic carbocycles. The first kappa shape index (κ1) is 16.7. The van der Waals surface area contributed by atoms with Crippen LogP contribution in [0.3, 0.4) is 0 Å². The number of aliphatic hydroxyl groups excluding tert-OH is 1. The molecule has 0 spiro atoms. The van der Waals surface area contributed by atoms with E-state index in [0.29, 0.717) is 6.61 Å². The van der Waals surface area contributed by atoms with Crippen LogP contribution in [0.25, 0.3) is 21.8 Å². The molecule has 0 aliphatic heterocycles. The van der Waals surface area contributed by atoms with E-state index in [9.17, 15) is 5.11 Å². The van der Waals surface area contributed by atoms with E-state index in [1.807, 2.05) is 30.3 Å². The van der Waals surface area contributed by atoms with Gasteiger partial charge in [0.05, 0.1) is 11.6 Å². The summed E-state index contributed by atoms with van der Waals surface area (Å²) in [5.74, 6) is 0.821. The highest BCUT2D eigenvalue weighted by Gasteiger charge is 2.11. The van der Waals surface area contributed by atoms with Gasteiger partial charge in [-0.3, -0.25) is 0 Å². The summed E-state index contributed by atoms with van der Waals surface area (Å²) in [5, 5.41) is 12.5. The van der Waals surface area contributed by atoms with Gasteiger partial charge in [0.15, 0.2) is 0 Å². The molecule has 4 aromatic rings. The van der Waals surface area contributed by atoms with E-state index >= 15 is 0 Å². The molecule has 0 bridgehead atoms. The smallest absolute Gasteiger partial charge is 0.129 e. The Morgan fingerprint density at radius 3 is 2.50 bits per heavy atom. The Morgan fingerprint density at radius 2 is 1.62 bits per heavy atom. The van der Waals surface area contributed by atoms with Crippen LogP contribution in [0, 0.1) is 0 Å². The fourth-order valence-electron chi connectivity index (χ4n) is 3.44. The highest BCUT2D eigenvalue weighted by molar-refractivity contribution is 6.10. The minimum atomic E-state index is -0.459. The van der Waals surface area contributed by atoms with E-state index in [1.54, 1.807) is 0 Å². The number of hydrogen-bond donors (Lipinski definition) is 2. The van der Waals surface area contributed by atoms with Crippen molar-refractivity contribution in [2.45, 2.75) is 25.4 Å². The molecule has 3 aromatic carbocycles. The number of nitrogens with one attached hydrogen (secondary N) is 1. The largest absolute Gasteiger partial charge is 0.490 e. The lowest BCUT2D eigenvalue weighted by Crippen LogP contribution is -2.17. The predicted octanol–water partition coefficient (Wildman–Crippen LogP) is 5.08. The molecular formula is C23H23NO2. The standard InChI is InChI=1S/C23H23NO2/c25-18(11-6-10-17-8-2-1-3-9-17)16-26-22-15-7-14-21-23(22)19-12-4-5-13-20(19)24-21/h1-5,7-9,12-15,18,24-25H,6,10-11,16H2. The number of hydrogen-bond acceptors (Lipinski definition) is 2. The van der Waals surface area contributed by atoms with Gasteiger partial charge >= 0.3 is 0 Å². The summed E-state index contributed by atoms with van der Waals surface area (Å²) in [6, 6.07) is 24.6. The van der Waals surface area contributed by atoms with Crippen molar-refractivity contribution in [2.75, 3.05) is 6.61 Å². The minimum absolute atomic E-state index is 0.313. The Hall–Kier alpha value is -2.78. The molecule has 0 saturated carbocycles. The van der Waals surface area contributed by atoms with Crippen molar-refractivity contribution in [2.24, 2.45) is 0 Å². The molecule has 3 nitrogen and oxygen atoms in total. The zero-order chi connectivity index (χ0) is 17.8. The van der Waals surface area contributed by atoms with E-state index < -0.39 is 6.10 Å². The lowest BCUT2D eigenvalue weighted by molar-refractivity contribution is 0.0991. The van der Waals surface area contributed by atoms with Gasteiger partial charge in [-0.25, -0.2) is 0 Å². The average molecular weight is 345 g/mol. The van der Waals surface area contributed by atoms with Crippen molar-refractivity contribution in [3.8, 4) is 5.75 Å². The lowest BCUT2D eigenvalue weighted by atomic mass is 10.1. The van der Waals surface area contributed by atoms with Crippen LogP contribution in [-0.4, -0.2) is 22.8 Å². The molecule has 2 N–H and O–H groups in total. The molecule has 0 radical (unpaired) electrons. The van der Waals surface area contributed by atoms with Gasteiger partial charge in [-0.05, 0) is 43.0 Å². The van der Waals surface area contributed by atoms with Crippen LogP contribution in [0.5, 0.6) is 5.75 Å². The normalized spacial score (nSPS) is 12.5. The van der Waals surface area contributed by atoms with E-state index in [0.717, 1.165) is 46.8 Å². The first-order valence-corrected chi connectivity index (χ1v) is 9.15. The van der Waals surface area contributed by atoms with Crippen LogP contribution in [0.1, 0.15) is 18.4 Å². The van der Waals surface area contributed by atoms with E-state index in [4.69, 9.17) is 4.74 Å². The van der Waals surface area contributed by atoms with Crippen molar-refractivity contribution in [1.82, 2.24) is 4.98 Å². The number of benzene rings is 3. The molecule has 1 aromatic heterocycles. The number of aryl methyl sites for hydroxylation is 1. The lowest BCUT2D eigenvalue weighted by Gasteiger charge is -2.13. The quantitative estimate of drug-likeness (QED) is 0.490. The summed E-state index contributed by atoms with van der Waals surface area (Å²) in [4.78, 5) is 3.42. The predicted molar refractivity (Wildman–Crippen MR) is 107 cm³/mol. The van der Waals surface area contributed by atoms with Crippen molar-refractivity contribution in [3.05, 3.63) is 78.4 Å². The molecule has 132 valence electrons. The maximum absolute atomic E-state index is 10.3. The van der Waals surface area contributed by atoms with Gasteiger partial charge in [-0.2, -0.15) is 0 Å². The fourth-order valence-corrected chi connectivity index (χ4v) is 3.44. The number of H-pyrrole nitrogens is 1. The summed E-state index contributed by atoms with van der Waals surface area (Å²) in [5.41, 5.74) is 3.47. The maximum atomic E-state index is 10.3. The van der Waals surface area contributed by atoms with Gasteiger partial charge < -0.3 is 14.8 Å². The molecule has 0 fully saturated rings. The summed E-state index contributed by atoms with van der Waals surface area (Å²) < 4.78 is 5.98. The number of rotatable bonds is 7. The summed E-state index contributed by atoms with van der Waals surface area (Å²) >= 11 is 0. The van der Waals surface area contributed by atoms with Crippen molar-refractivity contribution < 1.29 is 9.84 Å². The Morgan fingerprint density at radius 1 is 0.846 bits per heavy atom. The second kappa shape index (κ2) is 7.63. The summed E-state index contributed by atoms with van der Waals surface area (Å²) in [7, 11) is 0. The fraction of sp³-hybridized carbons (Fsp3) is 0.217. The Bertz CT molecular complexity index is 991. The molecule has 1 atom stereocenters. The van der Waals surface area contributed by atoms with Crippen molar-refractivity contribution in [1.29, 1.82) is 0 Å². The molecule has 26 heavy (non-hydrogen) atoms. The number of aliphatic hydroxyl groups is 1. The van der Waals surface area contributed by atoms with Gasteiger partial charge in [-0.15, -0.1) is 0 Å². The van der Waals surface area contributed by atoms with Crippen LogP contribution in [0.15, 0.2) is 72.8 Å². The topological polar surface area (TPSA) is 45.2 Å². The van der Waals surface area contributed by atoms with E-state index in [1.165, 1.54) is 5.56 Å². The highest BCUT2D eigenvalue weighted by atomic mass is 16.5. The van der Waals surface area contributed by atoms with Crippen molar-refractivity contribution >= 4 is 21.8 Å². The third-order valence-corrected chi connectivity index (χ3v) is 4.77. The third kappa shape index (κ3) is 3.58. The zero-order valence-corrected chi connectivity index (χ0v) is 14.7. The van der Waals surface area contributed by atoms with Crippen LogP contribution in [0.4, 0.5) is 0 Å². The summed E-state index contributed by atoms with van der Waals surface area (Å²) in [6.07, 6.45) is 2.21. The van der Waals surface area contributed by atoms with Crippen LogP contribution >= 0.6 is 0 Å². The molecule has 1 unspecified atom stereocenters. The Balaban J connectivity index is 1.40. The van der Waals surface area contributed by atoms with Crippen molar-refractivity contribution in [3.63, 3.8) is 0 Å². The molecular weight excluding hydrogens is 322 g/mol. The van der Waals surface area contributed by atoms with Crippen LogP contribution < -0.4 is 4.74 Å². The monoisotopic (exact) mass is 345 g/mol. The van der Waals surface area contributed by atoms with Gasteiger partial charge in [-0.1, -0.05) is 54.6 Å². The number of fused-ring (bicyclic) bond motifs is 3. The number of para-hydroxylation sites is 1. The Labute approximate surface area is 153 Å². The molecule has 4 rings (SSSR count). The van der Waals surface area contributed by atoms with Crippen LogP contribution in [-0.2, 0) is 6.42 Å². The highest BCUT2D eigenvalue weighted by Crippen LogP contribution is 2.33. The minimum Gasteiger partial charge on any atom is -0.490 e. The average Bonchev–Trinajstić information content (AvgIpc) is 3.06. The first-order valence-electron chi connectivity index (χ1n) is 9.15. The molecule has 0 amide bonds. The number of aromatic nitrogens is 1. The summed E-state index contributed by atoms with van der Waals surface area (Å²) in [6.45, 7) is 0.313. The second-order valence-corrected chi connectivity index (χ2v) is 6.69. The van der Waals surface area contributed by atoms with E-state index in [2.05, 4.69) is 47.4 Å². The molecule has 3 heteroatoms. The molecule has 0 saturated heterocycles. The number of ether oxygens (including phenoxy) is 1.